The number of piperidine rings is 1. The summed E-state index contributed by atoms with van der Waals surface area (Å²) in [5.41, 5.74) is 2.13. The van der Waals surface area contributed by atoms with Gasteiger partial charge in [0.2, 0.25) is 5.91 Å². The van der Waals surface area contributed by atoms with Crippen LogP contribution < -0.4 is 0 Å². The van der Waals surface area contributed by atoms with Gasteiger partial charge in [0.15, 0.2) is 0 Å². The third-order valence-corrected chi connectivity index (χ3v) is 5.66. The van der Waals surface area contributed by atoms with Gasteiger partial charge in [-0.25, -0.2) is 4.98 Å². The van der Waals surface area contributed by atoms with E-state index < -0.39 is 5.54 Å². The molecule has 0 saturated carbocycles. The van der Waals surface area contributed by atoms with Gasteiger partial charge in [0.25, 0.3) is 5.91 Å². The number of nitrogens with one attached hydrogen (secondary N) is 1. The zero-order valence-corrected chi connectivity index (χ0v) is 15.6. The lowest BCUT2D eigenvalue weighted by atomic mass is 9.78. The molecule has 27 heavy (non-hydrogen) atoms. The Morgan fingerprint density at radius 2 is 2.07 bits per heavy atom. The van der Waals surface area contributed by atoms with Gasteiger partial charge < -0.3 is 19.5 Å². The fraction of sp³-hybridized carbons (Fsp3) is 0.556. The lowest BCUT2D eigenvalue weighted by Gasteiger charge is -2.50. The Hall–Kier alpha value is -2.68. The van der Waals surface area contributed by atoms with Gasteiger partial charge in [-0.1, -0.05) is 0 Å². The molecule has 144 valence electrons. The predicted octanol–water partition coefficient (Wildman–Crippen LogP) is 0.306. The SMILES string of the molecule is COCC(=O)N1CCc2[nH]cnc2C12CCN(C(=O)c1cnn(C)c1)CC2. The van der Waals surface area contributed by atoms with Gasteiger partial charge in [0.1, 0.15) is 6.61 Å². The molecule has 0 atom stereocenters. The van der Waals surface area contributed by atoms with Crippen LogP contribution in [0.25, 0.3) is 0 Å². The number of methoxy groups -OCH3 is 1. The quantitative estimate of drug-likeness (QED) is 0.836. The summed E-state index contributed by atoms with van der Waals surface area (Å²) in [7, 11) is 3.33. The van der Waals surface area contributed by atoms with Gasteiger partial charge in [-0.3, -0.25) is 14.3 Å². The molecule has 9 nitrogen and oxygen atoms in total. The summed E-state index contributed by atoms with van der Waals surface area (Å²) in [6.07, 6.45) is 7.09. The Balaban J connectivity index is 1.58. The van der Waals surface area contributed by atoms with Crippen LogP contribution in [0.1, 0.15) is 34.6 Å². The fourth-order valence-corrected chi connectivity index (χ4v) is 4.34. The molecular weight excluding hydrogens is 348 g/mol. The molecule has 1 N–H and O–H groups in total. The highest BCUT2D eigenvalue weighted by Gasteiger charge is 2.49. The highest BCUT2D eigenvalue weighted by molar-refractivity contribution is 5.93. The summed E-state index contributed by atoms with van der Waals surface area (Å²) in [4.78, 5) is 37.0. The molecule has 1 fully saturated rings. The Kier molecular flexibility index (Phi) is 4.47. The number of carbonyl (C=O) groups excluding carboxylic acids is 2. The second-order valence-electron chi connectivity index (χ2n) is 7.18. The monoisotopic (exact) mass is 372 g/mol. The number of aromatic amines is 1. The summed E-state index contributed by atoms with van der Waals surface area (Å²) in [6.45, 7) is 1.82. The summed E-state index contributed by atoms with van der Waals surface area (Å²) < 4.78 is 6.71. The number of hydrogen-bond donors (Lipinski definition) is 1. The van der Waals surface area contributed by atoms with Crippen molar-refractivity contribution in [3.63, 3.8) is 0 Å². The van der Waals surface area contributed by atoms with E-state index in [1.165, 1.54) is 7.11 Å². The normalized spacial score (nSPS) is 18.6. The first-order valence-corrected chi connectivity index (χ1v) is 9.15. The lowest BCUT2D eigenvalue weighted by molar-refractivity contribution is -0.145. The Morgan fingerprint density at radius 3 is 2.74 bits per heavy atom. The van der Waals surface area contributed by atoms with Crippen molar-refractivity contribution in [2.24, 2.45) is 7.05 Å². The van der Waals surface area contributed by atoms with Crippen molar-refractivity contribution < 1.29 is 14.3 Å². The number of amides is 2. The minimum absolute atomic E-state index is 0.0224. The van der Waals surface area contributed by atoms with Gasteiger partial charge in [0.05, 0.1) is 29.3 Å². The van der Waals surface area contributed by atoms with E-state index in [0.29, 0.717) is 38.0 Å². The van der Waals surface area contributed by atoms with E-state index in [1.54, 1.807) is 30.5 Å². The molecule has 9 heteroatoms. The van der Waals surface area contributed by atoms with E-state index in [2.05, 4.69) is 15.1 Å². The first-order chi connectivity index (χ1) is 13.0. The van der Waals surface area contributed by atoms with Crippen LogP contribution >= 0.6 is 0 Å². The molecule has 0 aromatic carbocycles. The van der Waals surface area contributed by atoms with Gasteiger partial charge in [-0.15, -0.1) is 0 Å². The maximum absolute atomic E-state index is 12.7. The van der Waals surface area contributed by atoms with Crippen molar-refractivity contribution in [2.45, 2.75) is 24.8 Å². The first kappa shape index (κ1) is 17.7. The van der Waals surface area contributed by atoms with Crippen LogP contribution in [0.3, 0.4) is 0 Å². The topological polar surface area (TPSA) is 96.3 Å². The van der Waals surface area contributed by atoms with Crippen molar-refractivity contribution in [1.82, 2.24) is 29.5 Å². The molecule has 4 heterocycles. The van der Waals surface area contributed by atoms with Crippen LogP contribution in [-0.2, 0) is 28.5 Å². The van der Waals surface area contributed by atoms with Crippen LogP contribution in [0, 0.1) is 0 Å². The molecule has 1 spiro atoms. The minimum atomic E-state index is -0.477. The molecule has 2 amide bonds. The second kappa shape index (κ2) is 6.80. The van der Waals surface area contributed by atoms with E-state index in [-0.39, 0.29) is 18.4 Å². The fourth-order valence-electron chi connectivity index (χ4n) is 4.34. The molecule has 2 aromatic heterocycles. The van der Waals surface area contributed by atoms with E-state index in [4.69, 9.17) is 4.74 Å². The van der Waals surface area contributed by atoms with Crippen molar-refractivity contribution >= 4 is 11.8 Å². The number of fused-ring (bicyclic) bond motifs is 2. The number of aryl methyl sites for hydroxylation is 1. The minimum Gasteiger partial charge on any atom is -0.375 e. The van der Waals surface area contributed by atoms with E-state index in [0.717, 1.165) is 17.8 Å². The molecule has 2 aliphatic heterocycles. The van der Waals surface area contributed by atoms with Crippen LogP contribution in [0.4, 0.5) is 0 Å². The van der Waals surface area contributed by atoms with E-state index in [9.17, 15) is 9.59 Å². The van der Waals surface area contributed by atoms with Crippen molar-refractivity contribution in [2.75, 3.05) is 33.4 Å². The Bertz CT molecular complexity index is 849. The number of ether oxygens (including phenoxy) is 1. The van der Waals surface area contributed by atoms with E-state index in [1.807, 2.05) is 9.80 Å². The molecule has 0 radical (unpaired) electrons. The van der Waals surface area contributed by atoms with Crippen LogP contribution in [0.5, 0.6) is 0 Å². The molecule has 1 saturated heterocycles. The molecule has 2 aromatic rings. The summed E-state index contributed by atoms with van der Waals surface area (Å²) >= 11 is 0. The van der Waals surface area contributed by atoms with Crippen molar-refractivity contribution in [3.05, 3.63) is 35.7 Å². The van der Waals surface area contributed by atoms with Crippen LogP contribution in [0.15, 0.2) is 18.7 Å². The number of H-pyrrole nitrogens is 1. The summed E-state index contributed by atoms with van der Waals surface area (Å²) in [5.74, 6) is -0.0519. The highest BCUT2D eigenvalue weighted by atomic mass is 16.5. The molecule has 0 aliphatic carbocycles. The number of imidazole rings is 1. The van der Waals surface area contributed by atoms with E-state index >= 15 is 0 Å². The predicted molar refractivity (Wildman–Crippen MR) is 95.9 cm³/mol. The molecule has 0 bridgehead atoms. The number of hydrogen-bond acceptors (Lipinski definition) is 5. The van der Waals surface area contributed by atoms with Gasteiger partial charge in [-0.05, 0) is 12.8 Å². The molecule has 0 unspecified atom stereocenters. The van der Waals surface area contributed by atoms with Crippen LogP contribution in [-0.4, -0.2) is 74.7 Å². The Morgan fingerprint density at radius 1 is 1.30 bits per heavy atom. The molecule has 2 aliphatic rings. The van der Waals surface area contributed by atoms with Gasteiger partial charge in [-0.2, -0.15) is 5.10 Å². The smallest absolute Gasteiger partial charge is 0.257 e. The van der Waals surface area contributed by atoms with Crippen molar-refractivity contribution in [3.8, 4) is 0 Å². The average Bonchev–Trinajstić information content (AvgIpc) is 3.32. The zero-order valence-electron chi connectivity index (χ0n) is 15.6. The van der Waals surface area contributed by atoms with Crippen molar-refractivity contribution in [1.29, 1.82) is 0 Å². The highest BCUT2D eigenvalue weighted by Crippen LogP contribution is 2.42. The Labute approximate surface area is 157 Å². The van der Waals surface area contributed by atoms with Crippen LogP contribution in [0.2, 0.25) is 0 Å². The third-order valence-electron chi connectivity index (χ3n) is 5.66. The molecular formula is C18H24N6O3. The second-order valence-corrected chi connectivity index (χ2v) is 7.18. The summed E-state index contributed by atoms with van der Waals surface area (Å²) in [5, 5.41) is 4.08. The standard InChI is InChI=1S/C18H24N6O3/c1-22-10-13(9-21-22)17(26)23-7-4-18(5-8-23)16-14(19-12-20-16)3-6-24(18)15(25)11-27-2/h9-10,12H,3-8,11H2,1-2H3,(H,19,20). The number of carbonyl (C=O) groups is 2. The lowest BCUT2D eigenvalue weighted by Crippen LogP contribution is -2.59. The number of aromatic nitrogens is 4. The average molecular weight is 372 g/mol. The first-order valence-electron chi connectivity index (χ1n) is 9.15. The largest absolute Gasteiger partial charge is 0.375 e. The summed E-state index contributed by atoms with van der Waals surface area (Å²) in [6, 6.07) is 0. The van der Waals surface area contributed by atoms with Gasteiger partial charge >= 0.3 is 0 Å². The number of likely N-dealkylation sites (tertiary alicyclic amines) is 1. The van der Waals surface area contributed by atoms with Gasteiger partial charge in [0, 0.05) is 52.1 Å². The number of rotatable bonds is 3. The maximum atomic E-state index is 12.7. The number of nitrogens with zero attached hydrogens (tertiary/aromatic N) is 5. The maximum Gasteiger partial charge on any atom is 0.257 e. The third kappa shape index (κ3) is 2.91. The zero-order chi connectivity index (χ0) is 19.0. The molecule has 4 rings (SSSR count).